The number of hydrogen-bond donors (Lipinski definition) is 3. The van der Waals surface area contributed by atoms with Crippen molar-refractivity contribution >= 4 is 11.6 Å². The Morgan fingerprint density at radius 1 is 1.38 bits per heavy atom. The first-order valence-corrected chi connectivity index (χ1v) is 5.77. The number of nitrogens with one attached hydrogen (secondary N) is 2. The summed E-state index contributed by atoms with van der Waals surface area (Å²) in [4.78, 5) is 8.42. The molecule has 1 aromatic rings. The molecule has 1 saturated carbocycles. The second-order valence-electron chi connectivity index (χ2n) is 4.59. The Bertz CT molecular complexity index is 373. The molecule has 0 saturated heterocycles. The molecule has 1 aliphatic rings. The van der Waals surface area contributed by atoms with E-state index < -0.39 is 0 Å². The first-order valence-electron chi connectivity index (χ1n) is 5.77. The standard InChI is InChI=1S/C11H19N5/c1-3-8-9(13-7-14-10(8)16-12)15-11(2)5-4-6-11/h7H,3-6,12H2,1-2H3,(H2,13,14,15,16). The van der Waals surface area contributed by atoms with Crippen LogP contribution in [0, 0.1) is 0 Å². The third-order valence-corrected chi connectivity index (χ3v) is 3.31. The van der Waals surface area contributed by atoms with Gasteiger partial charge in [0.05, 0.1) is 0 Å². The topological polar surface area (TPSA) is 75.9 Å². The maximum Gasteiger partial charge on any atom is 0.148 e. The van der Waals surface area contributed by atoms with Gasteiger partial charge in [0.1, 0.15) is 18.0 Å². The molecule has 1 heterocycles. The lowest BCUT2D eigenvalue weighted by Gasteiger charge is -2.40. The monoisotopic (exact) mass is 221 g/mol. The summed E-state index contributed by atoms with van der Waals surface area (Å²) < 4.78 is 0. The summed E-state index contributed by atoms with van der Waals surface area (Å²) >= 11 is 0. The molecule has 1 aromatic heterocycles. The number of nitrogens with two attached hydrogens (primary N) is 1. The molecular formula is C11H19N5. The second kappa shape index (κ2) is 4.25. The molecule has 0 amide bonds. The quantitative estimate of drug-likeness (QED) is 0.532. The molecule has 88 valence electrons. The van der Waals surface area contributed by atoms with Crippen LogP contribution < -0.4 is 16.6 Å². The van der Waals surface area contributed by atoms with E-state index in [9.17, 15) is 0 Å². The molecule has 4 N–H and O–H groups in total. The van der Waals surface area contributed by atoms with E-state index in [-0.39, 0.29) is 5.54 Å². The highest BCUT2D eigenvalue weighted by molar-refractivity contribution is 5.58. The number of nitrogen functional groups attached to an aromatic ring is 1. The molecule has 1 aliphatic carbocycles. The number of anilines is 2. The average molecular weight is 221 g/mol. The fourth-order valence-corrected chi connectivity index (χ4v) is 2.10. The zero-order valence-electron chi connectivity index (χ0n) is 9.88. The molecule has 0 bridgehead atoms. The summed E-state index contributed by atoms with van der Waals surface area (Å²) in [5, 5.41) is 3.50. The predicted octanol–water partition coefficient (Wildman–Crippen LogP) is 1.68. The Balaban J connectivity index is 2.25. The summed E-state index contributed by atoms with van der Waals surface area (Å²) in [7, 11) is 0. The zero-order valence-corrected chi connectivity index (χ0v) is 9.88. The lowest BCUT2D eigenvalue weighted by Crippen LogP contribution is -2.42. The van der Waals surface area contributed by atoms with Gasteiger partial charge >= 0.3 is 0 Å². The van der Waals surface area contributed by atoms with E-state index in [0.29, 0.717) is 5.82 Å². The van der Waals surface area contributed by atoms with Crippen LogP contribution in [0.1, 0.15) is 38.7 Å². The first kappa shape index (κ1) is 11.1. The maximum absolute atomic E-state index is 5.44. The Morgan fingerprint density at radius 3 is 2.56 bits per heavy atom. The smallest absolute Gasteiger partial charge is 0.148 e. The lowest BCUT2D eigenvalue weighted by molar-refractivity contribution is 0.305. The van der Waals surface area contributed by atoms with Crippen LogP contribution in [0.2, 0.25) is 0 Å². The van der Waals surface area contributed by atoms with Crippen molar-refractivity contribution in [3.63, 3.8) is 0 Å². The van der Waals surface area contributed by atoms with E-state index in [0.717, 1.165) is 17.8 Å². The van der Waals surface area contributed by atoms with Crippen LogP contribution in [0.25, 0.3) is 0 Å². The summed E-state index contributed by atoms with van der Waals surface area (Å²) in [6.45, 7) is 4.31. The van der Waals surface area contributed by atoms with Gasteiger partial charge in [0.25, 0.3) is 0 Å². The van der Waals surface area contributed by atoms with Crippen LogP contribution in [0.3, 0.4) is 0 Å². The first-order chi connectivity index (χ1) is 7.68. The van der Waals surface area contributed by atoms with Crippen LogP contribution in [0.15, 0.2) is 6.33 Å². The molecular weight excluding hydrogens is 202 g/mol. The van der Waals surface area contributed by atoms with E-state index in [1.165, 1.54) is 19.3 Å². The van der Waals surface area contributed by atoms with Crippen molar-refractivity contribution in [3.8, 4) is 0 Å². The van der Waals surface area contributed by atoms with Gasteiger partial charge in [-0.3, -0.25) is 0 Å². The number of aromatic nitrogens is 2. The minimum atomic E-state index is 0.199. The Kier molecular flexibility index (Phi) is 2.96. The molecule has 0 aliphatic heterocycles. The molecule has 5 nitrogen and oxygen atoms in total. The summed E-state index contributed by atoms with van der Waals surface area (Å²) in [6.07, 6.45) is 6.09. The SMILES string of the molecule is CCc1c(NN)ncnc1NC1(C)CCC1. The number of nitrogens with zero attached hydrogens (tertiary/aromatic N) is 2. The van der Waals surface area contributed by atoms with E-state index >= 15 is 0 Å². The highest BCUT2D eigenvalue weighted by atomic mass is 15.3. The maximum atomic E-state index is 5.44. The molecule has 0 unspecified atom stereocenters. The molecule has 16 heavy (non-hydrogen) atoms. The van der Waals surface area contributed by atoms with Gasteiger partial charge < -0.3 is 10.7 Å². The van der Waals surface area contributed by atoms with Crippen molar-refractivity contribution in [2.45, 2.75) is 45.1 Å². The molecule has 1 fully saturated rings. The van der Waals surface area contributed by atoms with E-state index in [2.05, 4.69) is 34.6 Å². The normalized spacial score (nSPS) is 17.7. The van der Waals surface area contributed by atoms with Crippen LogP contribution in [-0.4, -0.2) is 15.5 Å². The van der Waals surface area contributed by atoms with Gasteiger partial charge in [-0.25, -0.2) is 15.8 Å². The van der Waals surface area contributed by atoms with Crippen molar-refractivity contribution in [1.29, 1.82) is 0 Å². The Morgan fingerprint density at radius 2 is 2.06 bits per heavy atom. The van der Waals surface area contributed by atoms with Crippen molar-refractivity contribution in [2.75, 3.05) is 10.7 Å². The summed E-state index contributed by atoms with van der Waals surface area (Å²) in [5.74, 6) is 7.06. The van der Waals surface area contributed by atoms with Crippen LogP contribution in [-0.2, 0) is 6.42 Å². The zero-order chi connectivity index (χ0) is 11.6. The van der Waals surface area contributed by atoms with Gasteiger partial charge in [0.15, 0.2) is 0 Å². The third kappa shape index (κ3) is 1.95. The van der Waals surface area contributed by atoms with Crippen molar-refractivity contribution in [2.24, 2.45) is 5.84 Å². The Labute approximate surface area is 95.8 Å². The molecule has 0 radical (unpaired) electrons. The molecule has 0 atom stereocenters. The van der Waals surface area contributed by atoms with Gasteiger partial charge in [0.2, 0.25) is 0 Å². The molecule has 0 aromatic carbocycles. The molecule has 0 spiro atoms. The van der Waals surface area contributed by atoms with Crippen LogP contribution in [0.4, 0.5) is 11.6 Å². The minimum absolute atomic E-state index is 0.199. The van der Waals surface area contributed by atoms with Gasteiger partial charge in [-0.15, -0.1) is 0 Å². The second-order valence-corrected chi connectivity index (χ2v) is 4.59. The van der Waals surface area contributed by atoms with E-state index in [1.54, 1.807) is 6.33 Å². The minimum Gasteiger partial charge on any atom is -0.365 e. The summed E-state index contributed by atoms with van der Waals surface area (Å²) in [6, 6.07) is 0. The van der Waals surface area contributed by atoms with Crippen molar-refractivity contribution in [3.05, 3.63) is 11.9 Å². The largest absolute Gasteiger partial charge is 0.365 e. The lowest BCUT2D eigenvalue weighted by atomic mass is 9.78. The molecule has 5 heteroatoms. The third-order valence-electron chi connectivity index (χ3n) is 3.31. The van der Waals surface area contributed by atoms with Crippen LogP contribution >= 0.6 is 0 Å². The van der Waals surface area contributed by atoms with Crippen molar-refractivity contribution < 1.29 is 0 Å². The van der Waals surface area contributed by atoms with Gasteiger partial charge in [-0.05, 0) is 32.6 Å². The fourth-order valence-electron chi connectivity index (χ4n) is 2.10. The van der Waals surface area contributed by atoms with Crippen molar-refractivity contribution in [1.82, 2.24) is 9.97 Å². The number of rotatable bonds is 4. The van der Waals surface area contributed by atoms with Gasteiger partial charge in [-0.1, -0.05) is 6.92 Å². The Hall–Kier alpha value is -1.36. The fraction of sp³-hybridized carbons (Fsp3) is 0.636. The van der Waals surface area contributed by atoms with E-state index in [4.69, 9.17) is 5.84 Å². The number of hydrazine groups is 1. The number of hydrogen-bond acceptors (Lipinski definition) is 5. The highest BCUT2D eigenvalue weighted by Gasteiger charge is 2.32. The summed E-state index contributed by atoms with van der Waals surface area (Å²) in [5.41, 5.74) is 3.87. The average Bonchev–Trinajstić information content (AvgIpc) is 2.26. The van der Waals surface area contributed by atoms with Gasteiger partial charge in [0, 0.05) is 11.1 Å². The van der Waals surface area contributed by atoms with E-state index in [1.807, 2.05) is 0 Å². The molecule has 2 rings (SSSR count). The van der Waals surface area contributed by atoms with Crippen LogP contribution in [0.5, 0.6) is 0 Å². The predicted molar refractivity (Wildman–Crippen MR) is 65.1 cm³/mol. The van der Waals surface area contributed by atoms with Gasteiger partial charge in [-0.2, -0.15) is 0 Å². The highest BCUT2D eigenvalue weighted by Crippen LogP contribution is 2.35.